The number of rotatable bonds is 4. The van der Waals surface area contributed by atoms with E-state index in [2.05, 4.69) is 10.3 Å². The molecule has 2 N–H and O–H groups in total. The van der Waals surface area contributed by atoms with Crippen LogP contribution < -0.4 is 10.1 Å². The van der Waals surface area contributed by atoms with Crippen LogP contribution in [0.25, 0.3) is 0 Å². The third-order valence-electron chi connectivity index (χ3n) is 3.20. The van der Waals surface area contributed by atoms with Gasteiger partial charge >= 0.3 is 0 Å². The molecule has 0 aromatic carbocycles. The van der Waals surface area contributed by atoms with Gasteiger partial charge in [-0.25, -0.2) is 0 Å². The van der Waals surface area contributed by atoms with Gasteiger partial charge in [0.25, 0.3) is 5.91 Å². The van der Waals surface area contributed by atoms with Gasteiger partial charge in [-0.15, -0.1) is 0 Å². The molecule has 0 atom stereocenters. The van der Waals surface area contributed by atoms with Crippen molar-refractivity contribution in [1.82, 2.24) is 10.3 Å². The lowest BCUT2D eigenvalue weighted by Crippen LogP contribution is -2.57. The van der Waals surface area contributed by atoms with Crippen LogP contribution in [0.3, 0.4) is 0 Å². The van der Waals surface area contributed by atoms with E-state index in [9.17, 15) is 9.90 Å². The Labute approximate surface area is 107 Å². The van der Waals surface area contributed by atoms with Crippen molar-refractivity contribution < 1.29 is 14.6 Å². The van der Waals surface area contributed by atoms with Gasteiger partial charge in [0.1, 0.15) is 5.75 Å². The predicted octanol–water partition coefficient (Wildman–Crippen LogP) is 1.37. The van der Waals surface area contributed by atoms with Crippen molar-refractivity contribution in [1.29, 1.82) is 0 Å². The number of methoxy groups -OCH3 is 1. The molecule has 1 rings (SSSR count). The molecule has 1 heterocycles. The van der Waals surface area contributed by atoms with Crippen molar-refractivity contribution in [3.63, 3.8) is 0 Å². The first-order valence-corrected chi connectivity index (χ1v) is 5.72. The number of aromatic nitrogens is 1. The molecule has 1 aromatic rings. The Hall–Kier alpha value is -1.62. The van der Waals surface area contributed by atoms with Gasteiger partial charge < -0.3 is 15.2 Å². The normalized spacial score (nSPS) is 12.1. The van der Waals surface area contributed by atoms with Crippen molar-refractivity contribution in [2.75, 3.05) is 7.11 Å². The van der Waals surface area contributed by atoms with Gasteiger partial charge in [-0.3, -0.25) is 9.78 Å². The number of carbonyl (C=O) groups excluding carboxylic acids is 1. The van der Waals surface area contributed by atoms with Gasteiger partial charge in [-0.05, 0) is 33.8 Å². The number of hydrogen-bond donors (Lipinski definition) is 2. The highest BCUT2D eigenvalue weighted by atomic mass is 16.5. The van der Waals surface area contributed by atoms with E-state index in [0.29, 0.717) is 11.3 Å². The standard InChI is InChI=1S/C13H20N2O3/c1-12(2,13(3,4)17)15-11(16)9-6-7-14-8-10(9)18-5/h6-8,17H,1-5H3,(H,15,16). The molecule has 0 radical (unpaired) electrons. The molecule has 0 saturated carbocycles. The van der Waals surface area contributed by atoms with Crippen LogP contribution in [0.2, 0.25) is 0 Å². The summed E-state index contributed by atoms with van der Waals surface area (Å²) in [5.74, 6) is 0.0999. The number of ether oxygens (including phenoxy) is 1. The molecule has 1 aromatic heterocycles. The molecule has 0 saturated heterocycles. The molecule has 0 aliphatic carbocycles. The summed E-state index contributed by atoms with van der Waals surface area (Å²) < 4.78 is 5.08. The third-order valence-corrected chi connectivity index (χ3v) is 3.20. The van der Waals surface area contributed by atoms with Crippen molar-refractivity contribution in [3.05, 3.63) is 24.0 Å². The number of nitrogens with zero attached hydrogens (tertiary/aromatic N) is 1. The summed E-state index contributed by atoms with van der Waals surface area (Å²) in [7, 11) is 1.48. The molecule has 0 bridgehead atoms. The maximum atomic E-state index is 12.2. The molecule has 18 heavy (non-hydrogen) atoms. The van der Waals surface area contributed by atoms with Crippen LogP contribution in [0.15, 0.2) is 18.5 Å². The fraction of sp³-hybridized carbons (Fsp3) is 0.538. The van der Waals surface area contributed by atoms with Gasteiger partial charge in [0.2, 0.25) is 0 Å². The molecule has 1 amide bonds. The molecule has 0 aliphatic rings. The molecule has 0 aliphatic heterocycles. The summed E-state index contributed by atoms with van der Waals surface area (Å²) >= 11 is 0. The Morgan fingerprint density at radius 2 is 2.00 bits per heavy atom. The zero-order chi connectivity index (χ0) is 14.0. The van der Waals surface area contributed by atoms with Crippen molar-refractivity contribution in [2.45, 2.75) is 38.8 Å². The molecular formula is C13H20N2O3. The van der Waals surface area contributed by atoms with E-state index >= 15 is 0 Å². The van der Waals surface area contributed by atoms with Gasteiger partial charge in [-0.2, -0.15) is 0 Å². The van der Waals surface area contributed by atoms with Crippen LogP contribution >= 0.6 is 0 Å². The first-order chi connectivity index (χ1) is 8.19. The number of carbonyl (C=O) groups is 1. The zero-order valence-electron chi connectivity index (χ0n) is 11.4. The molecular weight excluding hydrogens is 232 g/mol. The highest BCUT2D eigenvalue weighted by molar-refractivity contribution is 5.97. The minimum absolute atomic E-state index is 0.304. The largest absolute Gasteiger partial charge is 0.494 e. The first kappa shape index (κ1) is 14.4. The molecule has 0 fully saturated rings. The number of amides is 1. The van der Waals surface area contributed by atoms with E-state index in [-0.39, 0.29) is 5.91 Å². The van der Waals surface area contributed by atoms with E-state index in [0.717, 1.165) is 0 Å². The Morgan fingerprint density at radius 1 is 1.39 bits per heavy atom. The van der Waals surface area contributed by atoms with Crippen molar-refractivity contribution in [2.24, 2.45) is 0 Å². The van der Waals surface area contributed by atoms with Gasteiger partial charge in [0, 0.05) is 6.20 Å². The quantitative estimate of drug-likeness (QED) is 0.849. The van der Waals surface area contributed by atoms with E-state index in [1.807, 2.05) is 0 Å². The highest BCUT2D eigenvalue weighted by Gasteiger charge is 2.36. The SMILES string of the molecule is COc1cnccc1C(=O)NC(C)(C)C(C)(C)O. The van der Waals surface area contributed by atoms with E-state index in [1.165, 1.54) is 19.5 Å². The minimum Gasteiger partial charge on any atom is -0.494 e. The van der Waals surface area contributed by atoms with Crippen LogP contribution in [0.4, 0.5) is 0 Å². The molecule has 0 unspecified atom stereocenters. The highest BCUT2D eigenvalue weighted by Crippen LogP contribution is 2.23. The van der Waals surface area contributed by atoms with E-state index in [4.69, 9.17) is 4.74 Å². The van der Waals surface area contributed by atoms with Crippen LogP contribution in [0.5, 0.6) is 5.75 Å². The molecule has 5 heteroatoms. The van der Waals surface area contributed by atoms with E-state index < -0.39 is 11.1 Å². The Balaban J connectivity index is 2.96. The summed E-state index contributed by atoms with van der Waals surface area (Å²) in [6, 6.07) is 1.58. The summed E-state index contributed by atoms with van der Waals surface area (Å²) in [6.45, 7) is 6.82. The lowest BCUT2D eigenvalue weighted by Gasteiger charge is -2.38. The topological polar surface area (TPSA) is 71.5 Å². The summed E-state index contributed by atoms with van der Waals surface area (Å²) in [6.07, 6.45) is 3.00. The predicted molar refractivity (Wildman–Crippen MR) is 68.6 cm³/mol. The van der Waals surface area contributed by atoms with Crippen molar-refractivity contribution in [3.8, 4) is 5.75 Å². The zero-order valence-corrected chi connectivity index (χ0v) is 11.4. The second kappa shape index (κ2) is 4.94. The Morgan fingerprint density at radius 3 is 2.50 bits per heavy atom. The lowest BCUT2D eigenvalue weighted by atomic mass is 9.86. The van der Waals surface area contributed by atoms with Crippen LogP contribution in [-0.4, -0.2) is 34.2 Å². The smallest absolute Gasteiger partial charge is 0.255 e. The first-order valence-electron chi connectivity index (χ1n) is 5.72. The maximum absolute atomic E-state index is 12.2. The minimum atomic E-state index is -1.04. The van der Waals surface area contributed by atoms with Gasteiger partial charge in [0.05, 0.1) is 30.0 Å². The Kier molecular flexibility index (Phi) is 3.96. The van der Waals surface area contributed by atoms with Crippen LogP contribution in [-0.2, 0) is 0 Å². The number of pyridine rings is 1. The monoisotopic (exact) mass is 252 g/mol. The number of aliphatic hydroxyl groups is 1. The van der Waals surface area contributed by atoms with Gasteiger partial charge in [-0.1, -0.05) is 0 Å². The molecule has 100 valence electrons. The summed E-state index contributed by atoms with van der Waals surface area (Å²) in [5.41, 5.74) is -1.41. The van der Waals surface area contributed by atoms with Crippen LogP contribution in [0.1, 0.15) is 38.1 Å². The second-order valence-electron chi connectivity index (χ2n) is 5.21. The number of nitrogens with one attached hydrogen (secondary N) is 1. The lowest BCUT2D eigenvalue weighted by molar-refractivity contribution is -0.00298. The average Bonchev–Trinajstić information content (AvgIpc) is 2.26. The second-order valence-corrected chi connectivity index (χ2v) is 5.21. The fourth-order valence-electron chi connectivity index (χ4n) is 1.23. The maximum Gasteiger partial charge on any atom is 0.255 e. The number of hydrogen-bond acceptors (Lipinski definition) is 4. The average molecular weight is 252 g/mol. The van der Waals surface area contributed by atoms with Gasteiger partial charge in [0.15, 0.2) is 0 Å². The van der Waals surface area contributed by atoms with Crippen LogP contribution in [0, 0.1) is 0 Å². The molecule has 5 nitrogen and oxygen atoms in total. The summed E-state index contributed by atoms with van der Waals surface area (Å²) in [5, 5.41) is 12.8. The Bertz CT molecular complexity index is 436. The van der Waals surface area contributed by atoms with Crippen molar-refractivity contribution >= 4 is 5.91 Å². The molecule has 0 spiro atoms. The fourth-order valence-corrected chi connectivity index (χ4v) is 1.23. The van der Waals surface area contributed by atoms with E-state index in [1.54, 1.807) is 33.8 Å². The summed E-state index contributed by atoms with van der Waals surface area (Å²) in [4.78, 5) is 16.0. The third kappa shape index (κ3) is 2.98.